The predicted molar refractivity (Wildman–Crippen MR) is 59.2 cm³/mol. The second kappa shape index (κ2) is 4.57. The minimum Gasteiger partial charge on any atom is -0.447 e. The van der Waals surface area contributed by atoms with Crippen molar-refractivity contribution >= 4 is 10.0 Å². The van der Waals surface area contributed by atoms with Crippen LogP contribution in [0.5, 0.6) is 0 Å². The number of rotatable bonds is 4. The molecule has 0 bridgehead atoms. The van der Waals surface area contributed by atoms with Crippen LogP contribution in [0.3, 0.4) is 0 Å². The number of furan rings is 1. The summed E-state index contributed by atoms with van der Waals surface area (Å²) in [6, 6.07) is 3.08. The van der Waals surface area contributed by atoms with Gasteiger partial charge in [-0.15, -0.1) is 0 Å². The zero-order valence-corrected chi connectivity index (χ0v) is 9.79. The van der Waals surface area contributed by atoms with E-state index in [2.05, 4.69) is 4.72 Å². The van der Waals surface area contributed by atoms with Crippen molar-refractivity contribution in [2.24, 2.45) is 5.73 Å². The standard InChI is InChI=1S/C10H16N2O3S/c11-7-9-5-6-10(15-9)16(13,14)12-8-3-1-2-4-8/h5-6,8,12H,1-4,7,11H2. The van der Waals surface area contributed by atoms with Crippen molar-refractivity contribution in [2.75, 3.05) is 0 Å². The van der Waals surface area contributed by atoms with Crippen LogP contribution in [0.15, 0.2) is 21.6 Å². The third-order valence-corrected chi connectivity index (χ3v) is 4.17. The molecule has 0 spiro atoms. The molecule has 0 aliphatic heterocycles. The van der Waals surface area contributed by atoms with Crippen LogP contribution in [0.4, 0.5) is 0 Å². The molecule has 0 aromatic carbocycles. The van der Waals surface area contributed by atoms with Crippen molar-refractivity contribution in [1.82, 2.24) is 4.72 Å². The van der Waals surface area contributed by atoms with E-state index in [4.69, 9.17) is 10.2 Å². The Morgan fingerprint density at radius 1 is 1.38 bits per heavy atom. The summed E-state index contributed by atoms with van der Waals surface area (Å²) in [5.41, 5.74) is 5.36. The van der Waals surface area contributed by atoms with E-state index < -0.39 is 10.0 Å². The summed E-state index contributed by atoms with van der Waals surface area (Å²) in [7, 11) is -3.51. The Bertz CT molecular complexity index is 446. The van der Waals surface area contributed by atoms with E-state index in [-0.39, 0.29) is 17.7 Å². The maximum Gasteiger partial charge on any atom is 0.274 e. The maximum atomic E-state index is 11.9. The third-order valence-electron chi connectivity index (χ3n) is 2.78. The van der Waals surface area contributed by atoms with Crippen molar-refractivity contribution < 1.29 is 12.8 Å². The Labute approximate surface area is 95.1 Å². The highest BCUT2D eigenvalue weighted by Crippen LogP contribution is 2.21. The highest BCUT2D eigenvalue weighted by molar-refractivity contribution is 7.89. The minimum atomic E-state index is -3.51. The Kier molecular flexibility index (Phi) is 3.32. The van der Waals surface area contributed by atoms with Gasteiger partial charge in [-0.3, -0.25) is 0 Å². The van der Waals surface area contributed by atoms with Gasteiger partial charge in [0.05, 0.1) is 6.54 Å². The van der Waals surface area contributed by atoms with Crippen LogP contribution in [-0.2, 0) is 16.6 Å². The molecule has 90 valence electrons. The molecule has 2 rings (SSSR count). The number of nitrogens with two attached hydrogens (primary N) is 1. The Hall–Kier alpha value is -0.850. The van der Waals surface area contributed by atoms with Gasteiger partial charge >= 0.3 is 0 Å². The van der Waals surface area contributed by atoms with E-state index in [0.29, 0.717) is 5.76 Å². The molecule has 1 heterocycles. The van der Waals surface area contributed by atoms with Gasteiger partial charge in [-0.2, -0.15) is 0 Å². The van der Waals surface area contributed by atoms with Gasteiger partial charge in [0.25, 0.3) is 10.0 Å². The molecule has 1 saturated carbocycles. The van der Waals surface area contributed by atoms with Crippen molar-refractivity contribution in [1.29, 1.82) is 0 Å². The van der Waals surface area contributed by atoms with Crippen LogP contribution in [-0.4, -0.2) is 14.5 Å². The fraction of sp³-hybridized carbons (Fsp3) is 0.600. The Balaban J connectivity index is 2.11. The topological polar surface area (TPSA) is 85.3 Å². The number of nitrogens with one attached hydrogen (secondary N) is 1. The van der Waals surface area contributed by atoms with Crippen LogP contribution in [0.1, 0.15) is 31.4 Å². The van der Waals surface area contributed by atoms with Gasteiger partial charge in [-0.05, 0) is 25.0 Å². The van der Waals surface area contributed by atoms with Crippen LogP contribution in [0.25, 0.3) is 0 Å². The first-order chi connectivity index (χ1) is 7.62. The number of sulfonamides is 1. The van der Waals surface area contributed by atoms with Crippen molar-refractivity contribution in [2.45, 2.75) is 43.4 Å². The minimum absolute atomic E-state index is 0.0418. The molecule has 1 aromatic heterocycles. The number of hydrogen-bond donors (Lipinski definition) is 2. The summed E-state index contributed by atoms with van der Waals surface area (Å²) >= 11 is 0. The molecule has 16 heavy (non-hydrogen) atoms. The van der Waals surface area contributed by atoms with E-state index in [0.717, 1.165) is 25.7 Å². The third kappa shape index (κ3) is 2.45. The first-order valence-electron chi connectivity index (χ1n) is 5.43. The molecule has 1 aromatic rings. The second-order valence-corrected chi connectivity index (χ2v) is 5.67. The molecule has 1 fully saturated rings. The predicted octanol–water partition coefficient (Wildman–Crippen LogP) is 0.959. The molecule has 0 atom stereocenters. The van der Waals surface area contributed by atoms with Gasteiger partial charge in [0.2, 0.25) is 5.09 Å². The quantitative estimate of drug-likeness (QED) is 0.826. The van der Waals surface area contributed by atoms with Crippen molar-refractivity contribution in [3.8, 4) is 0 Å². The molecular formula is C10H16N2O3S. The van der Waals surface area contributed by atoms with E-state index in [9.17, 15) is 8.42 Å². The molecule has 6 heteroatoms. The lowest BCUT2D eigenvalue weighted by Crippen LogP contribution is -2.32. The molecular weight excluding hydrogens is 228 g/mol. The molecule has 0 saturated heterocycles. The molecule has 5 nitrogen and oxygen atoms in total. The van der Waals surface area contributed by atoms with Gasteiger partial charge in [-0.25, -0.2) is 13.1 Å². The van der Waals surface area contributed by atoms with Gasteiger partial charge in [0.15, 0.2) is 0 Å². The average molecular weight is 244 g/mol. The molecule has 1 aliphatic carbocycles. The van der Waals surface area contributed by atoms with E-state index in [1.54, 1.807) is 6.07 Å². The SMILES string of the molecule is NCc1ccc(S(=O)(=O)NC2CCCC2)o1. The van der Waals surface area contributed by atoms with E-state index in [1.807, 2.05) is 0 Å². The summed E-state index contributed by atoms with van der Waals surface area (Å²) in [6.07, 6.45) is 3.98. The summed E-state index contributed by atoms with van der Waals surface area (Å²) in [6.45, 7) is 0.207. The monoisotopic (exact) mass is 244 g/mol. The smallest absolute Gasteiger partial charge is 0.274 e. The van der Waals surface area contributed by atoms with Gasteiger partial charge in [-0.1, -0.05) is 12.8 Å². The lowest BCUT2D eigenvalue weighted by Gasteiger charge is -2.10. The second-order valence-electron chi connectivity index (χ2n) is 4.03. The van der Waals surface area contributed by atoms with Crippen LogP contribution in [0, 0.1) is 0 Å². The first kappa shape index (κ1) is 11.6. The highest BCUT2D eigenvalue weighted by atomic mass is 32.2. The maximum absolute atomic E-state index is 11.9. The summed E-state index contributed by atoms with van der Waals surface area (Å²) in [4.78, 5) is 0. The normalized spacial score (nSPS) is 18.1. The van der Waals surface area contributed by atoms with Gasteiger partial charge < -0.3 is 10.2 Å². The molecule has 1 aliphatic rings. The molecule has 0 unspecified atom stereocenters. The van der Waals surface area contributed by atoms with Crippen molar-refractivity contribution in [3.05, 3.63) is 17.9 Å². The molecule has 3 N–H and O–H groups in total. The highest BCUT2D eigenvalue weighted by Gasteiger charge is 2.25. The average Bonchev–Trinajstić information content (AvgIpc) is 2.85. The van der Waals surface area contributed by atoms with Crippen molar-refractivity contribution in [3.63, 3.8) is 0 Å². The zero-order chi connectivity index (χ0) is 11.6. The summed E-state index contributed by atoms with van der Waals surface area (Å²) < 4.78 is 31.5. The van der Waals surface area contributed by atoms with E-state index >= 15 is 0 Å². The Morgan fingerprint density at radius 3 is 2.62 bits per heavy atom. The van der Waals surface area contributed by atoms with Gasteiger partial charge in [0.1, 0.15) is 5.76 Å². The molecule has 0 amide bonds. The Morgan fingerprint density at radius 2 is 2.06 bits per heavy atom. The lowest BCUT2D eigenvalue weighted by atomic mass is 10.3. The molecule has 0 radical (unpaired) electrons. The first-order valence-corrected chi connectivity index (χ1v) is 6.91. The number of hydrogen-bond acceptors (Lipinski definition) is 4. The van der Waals surface area contributed by atoms with Crippen LogP contribution < -0.4 is 10.5 Å². The van der Waals surface area contributed by atoms with E-state index in [1.165, 1.54) is 6.07 Å². The fourth-order valence-electron chi connectivity index (χ4n) is 1.93. The fourth-order valence-corrected chi connectivity index (χ4v) is 3.19. The van der Waals surface area contributed by atoms with Crippen LogP contribution >= 0.6 is 0 Å². The van der Waals surface area contributed by atoms with Gasteiger partial charge in [0, 0.05) is 6.04 Å². The summed E-state index contributed by atoms with van der Waals surface area (Å²) in [5.74, 6) is 0.479. The summed E-state index contributed by atoms with van der Waals surface area (Å²) in [5, 5.41) is -0.0418. The zero-order valence-electron chi connectivity index (χ0n) is 8.98. The van der Waals surface area contributed by atoms with Crippen LogP contribution in [0.2, 0.25) is 0 Å². The lowest BCUT2D eigenvalue weighted by molar-refractivity contribution is 0.410. The largest absolute Gasteiger partial charge is 0.447 e.